The van der Waals surface area contributed by atoms with E-state index in [2.05, 4.69) is 4.98 Å². The van der Waals surface area contributed by atoms with Crippen molar-refractivity contribution in [3.8, 4) is 0 Å². The van der Waals surface area contributed by atoms with E-state index in [9.17, 15) is 4.79 Å². The molecule has 0 fully saturated rings. The van der Waals surface area contributed by atoms with E-state index in [0.29, 0.717) is 12.4 Å². The summed E-state index contributed by atoms with van der Waals surface area (Å²) in [6.07, 6.45) is 4.41. The van der Waals surface area contributed by atoms with Crippen molar-refractivity contribution in [3.05, 3.63) is 24.4 Å². The molecular weight excluding hydrogens is 152 g/mol. The Bertz CT molecular complexity index is 236. The van der Waals surface area contributed by atoms with E-state index in [-0.39, 0.29) is 0 Å². The molecule has 0 spiro atoms. The van der Waals surface area contributed by atoms with E-state index in [1.807, 2.05) is 25.5 Å². The first-order chi connectivity index (χ1) is 5.88. The lowest BCUT2D eigenvalue weighted by atomic mass is 10.4. The van der Waals surface area contributed by atoms with Crippen molar-refractivity contribution in [1.29, 1.82) is 0 Å². The average Bonchev–Trinajstić information content (AvgIpc) is 2.15. The molecule has 1 aromatic heterocycles. The Kier molecular flexibility index (Phi) is 3.26. The highest BCUT2D eigenvalue weighted by atomic mass is 16.1. The van der Waals surface area contributed by atoms with Crippen LogP contribution in [-0.4, -0.2) is 17.9 Å². The van der Waals surface area contributed by atoms with Crippen LogP contribution in [0.1, 0.15) is 13.3 Å². The Labute approximate surface area is 72.0 Å². The smallest absolute Gasteiger partial charge is 0.288 e. The summed E-state index contributed by atoms with van der Waals surface area (Å²) in [5.41, 5.74) is 0. The highest BCUT2D eigenvalue weighted by Crippen LogP contribution is 2.06. The third-order valence-electron chi connectivity index (χ3n) is 1.48. The second-order valence-corrected chi connectivity index (χ2v) is 2.43. The van der Waals surface area contributed by atoms with E-state index in [4.69, 9.17) is 0 Å². The minimum atomic E-state index is 0.661. The molecule has 1 heterocycles. The van der Waals surface area contributed by atoms with E-state index >= 15 is 0 Å². The number of nitrogens with zero attached hydrogens (tertiary/aromatic N) is 2. The van der Waals surface area contributed by atoms with Gasteiger partial charge in [0, 0.05) is 12.7 Å². The van der Waals surface area contributed by atoms with Crippen molar-refractivity contribution in [2.45, 2.75) is 13.3 Å². The first-order valence-electron chi connectivity index (χ1n) is 3.95. The summed E-state index contributed by atoms with van der Waals surface area (Å²) in [5, 5.41) is 0. The quantitative estimate of drug-likeness (QED) is 0.628. The van der Waals surface area contributed by atoms with Gasteiger partial charge >= 0.3 is 6.41 Å². The van der Waals surface area contributed by atoms with Gasteiger partial charge in [0.15, 0.2) is 0 Å². The van der Waals surface area contributed by atoms with Crippen LogP contribution in [0.3, 0.4) is 0 Å². The van der Waals surface area contributed by atoms with Gasteiger partial charge in [0.25, 0.3) is 0 Å². The number of anilines is 1. The molecule has 0 bridgehead atoms. The molecule has 3 heteroatoms. The number of hydrogen-bond donors (Lipinski definition) is 0. The van der Waals surface area contributed by atoms with Gasteiger partial charge in [-0.2, -0.15) is 0 Å². The minimum absolute atomic E-state index is 0.661. The number of rotatable bonds is 4. The maximum atomic E-state index is 10.5. The first kappa shape index (κ1) is 8.71. The van der Waals surface area contributed by atoms with Crippen molar-refractivity contribution in [1.82, 2.24) is 4.98 Å². The Morgan fingerprint density at radius 2 is 2.42 bits per heavy atom. The number of aromatic nitrogens is 1. The van der Waals surface area contributed by atoms with Gasteiger partial charge in [0.05, 0.1) is 0 Å². The van der Waals surface area contributed by atoms with Gasteiger partial charge in [-0.15, -0.1) is 0 Å². The molecule has 12 heavy (non-hydrogen) atoms. The predicted octanol–water partition coefficient (Wildman–Crippen LogP) is 1.37. The molecule has 63 valence electrons. The fraction of sp³-hybridized carbons (Fsp3) is 0.333. The Balaban J connectivity index is 2.73. The van der Waals surface area contributed by atoms with E-state index < -0.39 is 0 Å². The molecule has 1 amide bonds. The van der Waals surface area contributed by atoms with Gasteiger partial charge in [-0.1, -0.05) is 13.0 Å². The standard InChI is InChI=1S/C9H11N2O/c1-2-7-11(8-12)9-5-3-4-6-10-9/h3-6H,2,7H2,1H3. The van der Waals surface area contributed by atoms with Crippen molar-refractivity contribution in [2.75, 3.05) is 11.4 Å². The molecule has 0 unspecified atom stereocenters. The normalized spacial score (nSPS) is 9.42. The van der Waals surface area contributed by atoms with Crippen LogP contribution in [0.2, 0.25) is 0 Å². The third kappa shape index (κ3) is 2.05. The fourth-order valence-corrected chi connectivity index (χ4v) is 0.944. The molecular formula is C9H11N2O. The monoisotopic (exact) mass is 163 g/mol. The van der Waals surface area contributed by atoms with Gasteiger partial charge in [0.2, 0.25) is 0 Å². The second-order valence-electron chi connectivity index (χ2n) is 2.43. The molecule has 0 aromatic carbocycles. The predicted molar refractivity (Wildman–Crippen MR) is 47.6 cm³/mol. The van der Waals surface area contributed by atoms with Crippen LogP contribution < -0.4 is 4.90 Å². The van der Waals surface area contributed by atoms with Crippen molar-refractivity contribution in [3.63, 3.8) is 0 Å². The molecule has 1 aromatic rings. The Hall–Kier alpha value is -1.38. The van der Waals surface area contributed by atoms with Crippen LogP contribution >= 0.6 is 0 Å². The fourth-order valence-electron chi connectivity index (χ4n) is 0.944. The molecule has 0 aliphatic rings. The summed E-state index contributed by atoms with van der Waals surface area (Å²) in [6.45, 7) is 2.67. The van der Waals surface area contributed by atoms with Crippen LogP contribution in [0.25, 0.3) is 0 Å². The molecule has 0 aliphatic heterocycles. The topological polar surface area (TPSA) is 33.2 Å². The summed E-state index contributed by atoms with van der Waals surface area (Å²) < 4.78 is 0. The van der Waals surface area contributed by atoms with Gasteiger partial charge < -0.3 is 0 Å². The molecule has 0 saturated heterocycles. The van der Waals surface area contributed by atoms with E-state index in [0.717, 1.165) is 6.42 Å². The van der Waals surface area contributed by atoms with Crippen molar-refractivity contribution in [2.24, 2.45) is 0 Å². The van der Waals surface area contributed by atoms with Gasteiger partial charge in [-0.3, -0.25) is 9.69 Å². The largest absolute Gasteiger partial charge is 0.318 e. The second kappa shape index (κ2) is 4.49. The van der Waals surface area contributed by atoms with Crippen LogP contribution in [0.15, 0.2) is 24.4 Å². The molecule has 0 aliphatic carbocycles. The summed E-state index contributed by atoms with van der Waals surface area (Å²) in [6, 6.07) is 5.46. The lowest BCUT2D eigenvalue weighted by molar-refractivity contribution is 0.550. The zero-order valence-electron chi connectivity index (χ0n) is 7.03. The lowest BCUT2D eigenvalue weighted by Crippen LogP contribution is -2.22. The van der Waals surface area contributed by atoms with Crippen LogP contribution in [0, 0.1) is 0 Å². The highest BCUT2D eigenvalue weighted by molar-refractivity contribution is 5.73. The van der Waals surface area contributed by atoms with Gasteiger partial charge in [-0.25, -0.2) is 4.98 Å². The van der Waals surface area contributed by atoms with Crippen LogP contribution in [0.5, 0.6) is 0 Å². The van der Waals surface area contributed by atoms with Crippen LogP contribution in [0.4, 0.5) is 5.82 Å². The summed E-state index contributed by atoms with van der Waals surface area (Å²) in [4.78, 5) is 16.0. The molecule has 1 rings (SSSR count). The summed E-state index contributed by atoms with van der Waals surface area (Å²) >= 11 is 0. The summed E-state index contributed by atoms with van der Waals surface area (Å²) in [5.74, 6) is 0.661. The number of carbonyl (C=O) groups excluding carboxylic acids is 1. The zero-order chi connectivity index (χ0) is 8.81. The number of amides is 1. The van der Waals surface area contributed by atoms with Crippen molar-refractivity contribution >= 4 is 12.2 Å². The SMILES string of the molecule is CCCN([C]=O)c1ccccn1. The molecule has 0 N–H and O–H groups in total. The zero-order valence-corrected chi connectivity index (χ0v) is 7.03. The first-order valence-corrected chi connectivity index (χ1v) is 3.95. The number of pyridine rings is 1. The Morgan fingerprint density at radius 3 is 2.92 bits per heavy atom. The lowest BCUT2D eigenvalue weighted by Gasteiger charge is -2.12. The van der Waals surface area contributed by atoms with E-state index in [1.165, 1.54) is 4.90 Å². The molecule has 3 nitrogen and oxygen atoms in total. The Morgan fingerprint density at radius 1 is 1.58 bits per heavy atom. The average molecular weight is 163 g/mol. The highest BCUT2D eigenvalue weighted by Gasteiger charge is 2.03. The maximum absolute atomic E-state index is 10.5. The molecule has 1 radical (unpaired) electrons. The van der Waals surface area contributed by atoms with Crippen molar-refractivity contribution < 1.29 is 4.79 Å². The molecule has 0 atom stereocenters. The van der Waals surface area contributed by atoms with E-state index in [1.54, 1.807) is 12.3 Å². The maximum Gasteiger partial charge on any atom is 0.318 e. The van der Waals surface area contributed by atoms with Gasteiger partial charge in [-0.05, 0) is 18.6 Å². The summed E-state index contributed by atoms with van der Waals surface area (Å²) in [7, 11) is 0. The van der Waals surface area contributed by atoms with Gasteiger partial charge in [0.1, 0.15) is 5.82 Å². The number of hydrogen-bond acceptors (Lipinski definition) is 2. The minimum Gasteiger partial charge on any atom is -0.288 e. The third-order valence-corrected chi connectivity index (χ3v) is 1.48. The van der Waals surface area contributed by atoms with Crippen LogP contribution in [-0.2, 0) is 4.79 Å². The molecule has 0 saturated carbocycles.